The van der Waals surface area contributed by atoms with Crippen molar-refractivity contribution in [2.45, 2.75) is 25.0 Å². The summed E-state index contributed by atoms with van der Waals surface area (Å²) in [7, 11) is 0. The maximum atomic E-state index is 10.6. The number of furan rings is 1. The number of aromatic nitrogens is 2. The Labute approximate surface area is 199 Å². The SMILES string of the molecule is O=C(O)C(F)(F)F.O=C(O)C(F)(F)F.c1cnc(NC[C@H]2CO[C@@H]3CN(Cc4ccoc4)C[C@H]23)nc1. The van der Waals surface area contributed by atoms with Gasteiger partial charge in [-0.25, -0.2) is 19.6 Å². The first kappa shape index (κ1) is 28.8. The fraction of sp³-hybridized carbons (Fsp3) is 0.500. The summed E-state index contributed by atoms with van der Waals surface area (Å²) < 4.78 is 74.6. The summed E-state index contributed by atoms with van der Waals surface area (Å²) >= 11 is 0. The highest BCUT2D eigenvalue weighted by Crippen LogP contribution is 2.34. The third-order valence-electron chi connectivity index (χ3n) is 5.07. The van der Waals surface area contributed by atoms with E-state index in [1.54, 1.807) is 18.7 Å². The second kappa shape index (κ2) is 12.5. The number of likely N-dealkylation sites (tertiary alicyclic amines) is 1. The predicted octanol–water partition coefficient (Wildman–Crippen LogP) is 2.90. The van der Waals surface area contributed by atoms with Crippen LogP contribution in [-0.4, -0.2) is 81.7 Å². The van der Waals surface area contributed by atoms with Gasteiger partial charge in [0, 0.05) is 56.0 Å². The average molecular weight is 528 g/mol. The van der Waals surface area contributed by atoms with Crippen LogP contribution in [0.2, 0.25) is 0 Å². The summed E-state index contributed by atoms with van der Waals surface area (Å²) in [5, 5.41) is 17.6. The molecule has 2 saturated heterocycles. The van der Waals surface area contributed by atoms with Gasteiger partial charge in [0.25, 0.3) is 0 Å². The minimum atomic E-state index is -5.08. The Kier molecular flexibility index (Phi) is 10.0. The molecule has 3 atom stereocenters. The highest BCUT2D eigenvalue weighted by Gasteiger charge is 2.43. The van der Waals surface area contributed by atoms with E-state index in [2.05, 4.69) is 20.2 Å². The molecular weight excluding hydrogens is 506 g/mol. The van der Waals surface area contributed by atoms with Gasteiger partial charge < -0.3 is 24.7 Å². The number of aliphatic carboxylic acids is 2. The Morgan fingerprint density at radius 2 is 1.64 bits per heavy atom. The first-order valence-corrected chi connectivity index (χ1v) is 10.2. The van der Waals surface area contributed by atoms with E-state index in [-0.39, 0.29) is 0 Å². The number of anilines is 1. The number of nitrogens with one attached hydrogen (secondary N) is 1. The highest BCUT2D eigenvalue weighted by molar-refractivity contribution is 5.73. The zero-order valence-corrected chi connectivity index (χ0v) is 18.4. The van der Waals surface area contributed by atoms with Crippen LogP contribution in [0.3, 0.4) is 0 Å². The monoisotopic (exact) mass is 528 g/mol. The van der Waals surface area contributed by atoms with Gasteiger partial charge in [-0.3, -0.25) is 4.90 Å². The third-order valence-corrected chi connectivity index (χ3v) is 5.07. The van der Waals surface area contributed by atoms with Crippen LogP contribution >= 0.6 is 0 Å². The van der Waals surface area contributed by atoms with Crippen LogP contribution in [0.25, 0.3) is 0 Å². The molecule has 36 heavy (non-hydrogen) atoms. The number of ether oxygens (including phenoxy) is 1. The maximum Gasteiger partial charge on any atom is 0.490 e. The van der Waals surface area contributed by atoms with Crippen molar-refractivity contribution in [2.24, 2.45) is 11.8 Å². The van der Waals surface area contributed by atoms with Gasteiger partial charge in [-0.1, -0.05) is 0 Å². The summed E-state index contributed by atoms with van der Waals surface area (Å²) in [6.45, 7) is 4.72. The molecule has 0 saturated carbocycles. The number of hydrogen-bond donors (Lipinski definition) is 3. The summed E-state index contributed by atoms with van der Waals surface area (Å²) in [6, 6.07) is 3.85. The Morgan fingerprint density at radius 3 is 2.14 bits per heavy atom. The van der Waals surface area contributed by atoms with Crippen molar-refractivity contribution in [3.63, 3.8) is 0 Å². The lowest BCUT2D eigenvalue weighted by molar-refractivity contribution is -0.193. The Morgan fingerprint density at radius 1 is 1.06 bits per heavy atom. The average Bonchev–Trinajstić information content (AvgIpc) is 3.51. The van der Waals surface area contributed by atoms with Gasteiger partial charge in [0.15, 0.2) is 0 Å². The molecule has 16 heteroatoms. The van der Waals surface area contributed by atoms with Gasteiger partial charge in [0.2, 0.25) is 5.95 Å². The Bertz CT molecular complexity index is 934. The number of nitrogens with zero attached hydrogens (tertiary/aromatic N) is 3. The summed E-state index contributed by atoms with van der Waals surface area (Å²) in [6.07, 6.45) is -2.75. The van der Waals surface area contributed by atoms with Crippen molar-refractivity contribution >= 4 is 17.9 Å². The molecule has 200 valence electrons. The highest BCUT2D eigenvalue weighted by atomic mass is 19.4. The molecule has 0 amide bonds. The number of carboxylic acid groups (broad SMARTS) is 2. The number of fused-ring (bicyclic) bond motifs is 1. The van der Waals surface area contributed by atoms with Crippen LogP contribution in [0.15, 0.2) is 41.5 Å². The smallest absolute Gasteiger partial charge is 0.475 e. The van der Waals surface area contributed by atoms with E-state index >= 15 is 0 Å². The lowest BCUT2D eigenvalue weighted by Gasteiger charge is -2.19. The summed E-state index contributed by atoms with van der Waals surface area (Å²) in [5.74, 6) is -3.72. The van der Waals surface area contributed by atoms with Crippen LogP contribution in [0.1, 0.15) is 5.56 Å². The molecule has 2 aliphatic rings. The fourth-order valence-electron chi connectivity index (χ4n) is 3.47. The second-order valence-electron chi connectivity index (χ2n) is 7.68. The van der Waals surface area contributed by atoms with Crippen LogP contribution < -0.4 is 5.32 Å². The molecular formula is C20H22F6N4O6. The molecule has 2 aromatic heterocycles. The fourth-order valence-corrected chi connectivity index (χ4v) is 3.47. The molecule has 2 aliphatic heterocycles. The molecule has 0 unspecified atom stereocenters. The van der Waals surface area contributed by atoms with Crippen molar-refractivity contribution < 1.29 is 55.3 Å². The number of alkyl halides is 6. The molecule has 4 rings (SSSR count). The minimum absolute atomic E-state index is 0.357. The van der Waals surface area contributed by atoms with Gasteiger partial charge in [-0.15, -0.1) is 0 Å². The number of hydrogen-bond acceptors (Lipinski definition) is 8. The third kappa shape index (κ3) is 9.33. The van der Waals surface area contributed by atoms with Crippen LogP contribution in [0.5, 0.6) is 0 Å². The van der Waals surface area contributed by atoms with Gasteiger partial charge in [-0.2, -0.15) is 26.3 Å². The number of halogens is 6. The van der Waals surface area contributed by atoms with Crippen LogP contribution in [-0.2, 0) is 20.9 Å². The molecule has 2 aromatic rings. The second-order valence-corrected chi connectivity index (χ2v) is 7.68. The zero-order valence-electron chi connectivity index (χ0n) is 18.4. The molecule has 0 bridgehead atoms. The number of carboxylic acids is 2. The molecule has 0 radical (unpaired) electrons. The molecule has 2 fully saturated rings. The normalized spacial score (nSPS) is 21.4. The van der Waals surface area contributed by atoms with E-state index in [4.69, 9.17) is 29.0 Å². The van der Waals surface area contributed by atoms with E-state index in [9.17, 15) is 26.3 Å². The van der Waals surface area contributed by atoms with E-state index in [1.165, 1.54) is 5.56 Å². The molecule has 10 nitrogen and oxygen atoms in total. The quantitative estimate of drug-likeness (QED) is 0.497. The van der Waals surface area contributed by atoms with Crippen molar-refractivity contribution in [3.05, 3.63) is 42.6 Å². The van der Waals surface area contributed by atoms with Gasteiger partial charge in [0.05, 0.1) is 25.2 Å². The van der Waals surface area contributed by atoms with Crippen molar-refractivity contribution in [1.82, 2.24) is 14.9 Å². The summed E-state index contributed by atoms with van der Waals surface area (Å²) in [5.41, 5.74) is 1.23. The van der Waals surface area contributed by atoms with Gasteiger partial charge in [0.1, 0.15) is 0 Å². The molecule has 3 N–H and O–H groups in total. The Hall–Kier alpha value is -3.40. The first-order chi connectivity index (χ1) is 16.8. The standard InChI is InChI=1S/C16H20N4O2.2C2HF3O2/c1-3-17-16(18-4-1)19-6-13-11-22-15-9-20(8-14(13)15)7-12-2-5-21-10-12;2*3-2(4,5)1(6)7/h1-5,10,13-15H,6-9,11H2,(H,17,18,19);2*(H,6,7)/t13-,14+,15+;;/m0../s1. The zero-order chi connectivity index (χ0) is 26.9. The minimum Gasteiger partial charge on any atom is -0.475 e. The van der Waals surface area contributed by atoms with Gasteiger partial charge >= 0.3 is 24.3 Å². The maximum absolute atomic E-state index is 10.6. The molecule has 4 heterocycles. The van der Waals surface area contributed by atoms with E-state index in [1.807, 2.05) is 18.4 Å². The number of rotatable bonds is 5. The largest absolute Gasteiger partial charge is 0.490 e. The molecule has 0 spiro atoms. The van der Waals surface area contributed by atoms with E-state index in [0.29, 0.717) is 23.9 Å². The lowest BCUT2D eigenvalue weighted by Crippen LogP contribution is -2.27. The van der Waals surface area contributed by atoms with Crippen molar-refractivity contribution in [3.8, 4) is 0 Å². The van der Waals surface area contributed by atoms with Crippen molar-refractivity contribution in [2.75, 3.05) is 31.6 Å². The van der Waals surface area contributed by atoms with Gasteiger partial charge in [-0.05, 0) is 12.1 Å². The predicted molar refractivity (Wildman–Crippen MR) is 109 cm³/mol. The first-order valence-electron chi connectivity index (χ1n) is 10.2. The van der Waals surface area contributed by atoms with Crippen LogP contribution in [0, 0.1) is 11.8 Å². The Balaban J connectivity index is 0.000000271. The topological polar surface area (TPSA) is 138 Å². The summed E-state index contributed by atoms with van der Waals surface area (Å²) in [4.78, 5) is 28.7. The van der Waals surface area contributed by atoms with Crippen molar-refractivity contribution in [1.29, 1.82) is 0 Å². The molecule has 0 aromatic carbocycles. The lowest BCUT2D eigenvalue weighted by atomic mass is 9.93. The van der Waals surface area contributed by atoms with E-state index < -0.39 is 24.3 Å². The van der Waals surface area contributed by atoms with E-state index in [0.717, 1.165) is 32.8 Å². The van der Waals surface area contributed by atoms with Crippen LogP contribution in [0.4, 0.5) is 32.3 Å². The number of carbonyl (C=O) groups is 2. The molecule has 0 aliphatic carbocycles.